The summed E-state index contributed by atoms with van der Waals surface area (Å²) in [7, 11) is 2.77. The van der Waals surface area contributed by atoms with Crippen molar-refractivity contribution >= 4 is 33.0 Å². The van der Waals surface area contributed by atoms with Crippen LogP contribution in [0, 0.1) is 0 Å². The van der Waals surface area contributed by atoms with Crippen LogP contribution in [0.3, 0.4) is 0 Å². The fourth-order valence-electron chi connectivity index (χ4n) is 2.51. The maximum atomic E-state index is 13.0. The number of sulfonamides is 1. The van der Waals surface area contributed by atoms with Gasteiger partial charge >= 0.3 is 6.18 Å². The Morgan fingerprint density at radius 3 is 2.21 bits per heavy atom. The molecule has 0 aliphatic carbocycles. The predicted octanol–water partition coefficient (Wildman–Crippen LogP) is 4.29. The predicted molar refractivity (Wildman–Crippen MR) is 105 cm³/mol. The van der Waals surface area contributed by atoms with Crippen molar-refractivity contribution in [3.05, 3.63) is 52.5 Å². The minimum Gasteiger partial charge on any atom is -0.379 e. The van der Waals surface area contributed by atoms with Crippen LogP contribution < -0.4 is 10.2 Å². The molecule has 0 saturated heterocycles. The number of hydrogen-bond acceptors (Lipinski definition) is 4. The number of nitrogens with one attached hydrogen (secondary N) is 1. The summed E-state index contributed by atoms with van der Waals surface area (Å²) in [5, 5.41) is 2.65. The van der Waals surface area contributed by atoms with Crippen LogP contribution in [0.5, 0.6) is 0 Å². The first-order valence-electron chi connectivity index (χ1n) is 8.17. The first-order chi connectivity index (χ1) is 12.8. The number of hydrogen-bond donors (Lipinski definition) is 1. The third kappa shape index (κ3) is 4.89. The molecule has 10 heteroatoms. The van der Waals surface area contributed by atoms with Gasteiger partial charge in [0.2, 0.25) is 10.0 Å². The van der Waals surface area contributed by atoms with Gasteiger partial charge in [-0.15, -0.1) is 0 Å². The normalized spacial score (nSPS) is 12.3. The second-order valence-electron chi connectivity index (χ2n) is 6.53. The summed E-state index contributed by atoms with van der Waals surface area (Å²) in [5.74, 6) is 0. The van der Waals surface area contributed by atoms with E-state index in [9.17, 15) is 21.6 Å². The van der Waals surface area contributed by atoms with Crippen LogP contribution in [0.15, 0.2) is 41.3 Å². The van der Waals surface area contributed by atoms with Crippen LogP contribution in [0.4, 0.5) is 24.5 Å². The largest absolute Gasteiger partial charge is 0.417 e. The summed E-state index contributed by atoms with van der Waals surface area (Å²) in [6.45, 7) is 0.0621. The molecule has 28 heavy (non-hydrogen) atoms. The number of rotatable bonds is 6. The molecule has 0 radical (unpaired) electrons. The zero-order valence-corrected chi connectivity index (χ0v) is 17.4. The lowest BCUT2D eigenvalue weighted by molar-refractivity contribution is -0.137. The van der Waals surface area contributed by atoms with E-state index in [1.807, 2.05) is 0 Å². The highest BCUT2D eigenvalue weighted by atomic mass is 35.5. The fourth-order valence-corrected chi connectivity index (χ4v) is 3.67. The minimum absolute atomic E-state index is 0.0621. The smallest absolute Gasteiger partial charge is 0.379 e. The maximum absolute atomic E-state index is 13.0. The van der Waals surface area contributed by atoms with Gasteiger partial charge in [0.15, 0.2) is 0 Å². The Morgan fingerprint density at radius 1 is 1.04 bits per heavy atom. The SMILES string of the molecule is CN(C)c1ccc(S(=O)(=O)N(C)C)cc1NCc1ccc(Cl)c(C(F)(F)F)c1. The van der Waals surface area contributed by atoms with Crippen molar-refractivity contribution in [3.63, 3.8) is 0 Å². The molecule has 2 rings (SSSR count). The Morgan fingerprint density at radius 2 is 1.68 bits per heavy atom. The summed E-state index contributed by atoms with van der Waals surface area (Å²) in [6.07, 6.45) is -4.55. The highest BCUT2D eigenvalue weighted by Gasteiger charge is 2.33. The molecule has 0 aliphatic heterocycles. The first kappa shape index (κ1) is 22.3. The number of halogens is 4. The van der Waals surface area contributed by atoms with E-state index in [0.29, 0.717) is 16.9 Å². The van der Waals surface area contributed by atoms with Crippen LogP contribution in [0.25, 0.3) is 0 Å². The van der Waals surface area contributed by atoms with E-state index in [-0.39, 0.29) is 16.5 Å². The maximum Gasteiger partial charge on any atom is 0.417 e. The van der Waals surface area contributed by atoms with Crippen LogP contribution in [0.1, 0.15) is 11.1 Å². The number of benzene rings is 2. The Hall–Kier alpha value is -1.97. The molecule has 0 spiro atoms. The quantitative estimate of drug-likeness (QED) is 0.735. The number of nitrogens with zero attached hydrogens (tertiary/aromatic N) is 2. The second kappa shape index (κ2) is 8.18. The molecule has 0 fully saturated rings. The summed E-state index contributed by atoms with van der Waals surface area (Å²) in [5.41, 5.74) is 0.631. The summed E-state index contributed by atoms with van der Waals surface area (Å²) >= 11 is 5.65. The van der Waals surface area contributed by atoms with Crippen molar-refractivity contribution in [2.45, 2.75) is 17.6 Å². The zero-order valence-electron chi connectivity index (χ0n) is 15.8. The van der Waals surface area contributed by atoms with Crippen molar-refractivity contribution < 1.29 is 21.6 Å². The first-order valence-corrected chi connectivity index (χ1v) is 9.99. The molecule has 154 valence electrons. The van der Waals surface area contributed by atoms with Gasteiger partial charge in [0.25, 0.3) is 0 Å². The molecule has 2 aromatic rings. The lowest BCUT2D eigenvalue weighted by Crippen LogP contribution is -2.22. The third-order valence-corrected chi connectivity index (χ3v) is 6.19. The van der Waals surface area contributed by atoms with Crippen molar-refractivity contribution in [2.75, 3.05) is 38.4 Å². The van der Waals surface area contributed by atoms with Crippen molar-refractivity contribution in [1.29, 1.82) is 0 Å². The third-order valence-electron chi connectivity index (χ3n) is 4.05. The van der Waals surface area contributed by atoms with E-state index in [4.69, 9.17) is 11.6 Å². The van der Waals surface area contributed by atoms with E-state index < -0.39 is 21.8 Å². The second-order valence-corrected chi connectivity index (χ2v) is 9.09. The molecule has 1 N–H and O–H groups in total. The molecule has 0 unspecified atom stereocenters. The van der Waals surface area contributed by atoms with Gasteiger partial charge in [0.1, 0.15) is 0 Å². The highest BCUT2D eigenvalue weighted by molar-refractivity contribution is 7.89. The van der Waals surface area contributed by atoms with Gasteiger partial charge in [0, 0.05) is 34.7 Å². The summed E-state index contributed by atoms with van der Waals surface area (Å²) in [6, 6.07) is 8.25. The zero-order chi connectivity index (χ0) is 21.3. The van der Waals surface area contributed by atoms with Gasteiger partial charge in [-0.1, -0.05) is 17.7 Å². The Bertz CT molecular complexity index is 961. The summed E-state index contributed by atoms with van der Waals surface area (Å²) in [4.78, 5) is 1.86. The highest BCUT2D eigenvalue weighted by Crippen LogP contribution is 2.35. The van der Waals surface area contributed by atoms with Crippen LogP contribution >= 0.6 is 11.6 Å². The Kier molecular flexibility index (Phi) is 6.52. The molecule has 0 atom stereocenters. The van der Waals surface area contributed by atoms with Gasteiger partial charge in [-0.05, 0) is 35.9 Å². The van der Waals surface area contributed by atoms with Gasteiger partial charge in [0.05, 0.1) is 26.9 Å². The van der Waals surface area contributed by atoms with E-state index in [0.717, 1.165) is 10.4 Å². The van der Waals surface area contributed by atoms with Crippen LogP contribution in [-0.2, 0) is 22.7 Å². The lowest BCUT2D eigenvalue weighted by Gasteiger charge is -2.21. The van der Waals surface area contributed by atoms with E-state index in [1.165, 1.54) is 38.4 Å². The van der Waals surface area contributed by atoms with E-state index in [2.05, 4.69) is 5.32 Å². The molecule has 2 aromatic carbocycles. The van der Waals surface area contributed by atoms with E-state index in [1.54, 1.807) is 25.1 Å². The standard InChI is InChI=1S/C18H21ClF3N3O2S/c1-24(2)17-8-6-13(28(26,27)25(3)4)10-16(17)23-11-12-5-7-15(19)14(9-12)18(20,21)22/h5-10,23H,11H2,1-4H3. The van der Waals surface area contributed by atoms with Gasteiger partial charge in [-0.2, -0.15) is 13.2 Å². The van der Waals surface area contributed by atoms with Crippen molar-refractivity contribution in [3.8, 4) is 0 Å². The average molecular weight is 436 g/mol. The van der Waals surface area contributed by atoms with Gasteiger partial charge in [-0.25, -0.2) is 12.7 Å². The molecular weight excluding hydrogens is 415 g/mol. The molecule has 0 aliphatic rings. The van der Waals surface area contributed by atoms with Gasteiger partial charge in [-0.3, -0.25) is 0 Å². The van der Waals surface area contributed by atoms with Crippen LogP contribution in [0.2, 0.25) is 5.02 Å². The minimum atomic E-state index is -4.55. The Labute approximate surface area is 167 Å². The van der Waals surface area contributed by atoms with Crippen molar-refractivity contribution in [2.24, 2.45) is 0 Å². The molecule has 0 saturated carbocycles. The van der Waals surface area contributed by atoms with Crippen molar-refractivity contribution in [1.82, 2.24) is 4.31 Å². The molecule has 0 heterocycles. The fraction of sp³-hybridized carbons (Fsp3) is 0.333. The molecule has 5 nitrogen and oxygen atoms in total. The molecular formula is C18H21ClF3N3O2S. The van der Waals surface area contributed by atoms with Crippen LogP contribution in [-0.4, -0.2) is 40.9 Å². The number of anilines is 2. The monoisotopic (exact) mass is 435 g/mol. The topological polar surface area (TPSA) is 52.7 Å². The average Bonchev–Trinajstić information content (AvgIpc) is 2.59. The molecule has 0 aromatic heterocycles. The van der Waals surface area contributed by atoms with E-state index >= 15 is 0 Å². The number of alkyl halides is 3. The molecule has 0 amide bonds. The van der Waals surface area contributed by atoms with Gasteiger partial charge < -0.3 is 10.2 Å². The lowest BCUT2D eigenvalue weighted by atomic mass is 10.1. The molecule has 0 bridgehead atoms. The summed E-state index contributed by atoms with van der Waals surface area (Å²) < 4.78 is 65.0. The Balaban J connectivity index is 2.38.